The lowest BCUT2D eigenvalue weighted by atomic mass is 9.45. The van der Waals surface area contributed by atoms with Gasteiger partial charge in [0.25, 0.3) is 0 Å². The van der Waals surface area contributed by atoms with E-state index >= 15 is 0 Å². The summed E-state index contributed by atoms with van der Waals surface area (Å²) < 4.78 is 6.19. The summed E-state index contributed by atoms with van der Waals surface area (Å²) in [6.45, 7) is -0.387. The zero-order chi connectivity index (χ0) is 34.9. The van der Waals surface area contributed by atoms with E-state index < -0.39 is 58.5 Å². The minimum absolute atomic E-state index is 0.0429. The summed E-state index contributed by atoms with van der Waals surface area (Å²) in [5.74, 6) is -7.03. The van der Waals surface area contributed by atoms with E-state index in [0.717, 1.165) is 17.0 Å². The Bertz CT molecular complexity index is 2160. The molecule has 0 radical (unpaired) electrons. The molecule has 50 heavy (non-hydrogen) atoms. The number of carbonyl (C=O) groups is 5. The molecule has 8 rings (SSSR count). The minimum Gasteiger partial charge on any atom is -0.507 e. The maximum Gasteiger partial charge on any atom is 0.339 e. The minimum atomic E-state index is -1.46. The number of aliphatic hydroxyl groups is 1. The Kier molecular flexibility index (Phi) is 7.30. The summed E-state index contributed by atoms with van der Waals surface area (Å²) in [7, 11) is 0. The third kappa shape index (κ3) is 4.41. The first-order chi connectivity index (χ1) is 24.2. The molecule has 0 bridgehead atoms. The van der Waals surface area contributed by atoms with E-state index in [4.69, 9.17) is 4.42 Å². The highest BCUT2D eigenvalue weighted by Gasteiger charge is 2.66. The van der Waals surface area contributed by atoms with Crippen LogP contribution in [0.2, 0.25) is 0 Å². The number of anilines is 1. The summed E-state index contributed by atoms with van der Waals surface area (Å²) in [5, 5.41) is 29.8. The maximum absolute atomic E-state index is 15.0. The van der Waals surface area contributed by atoms with Gasteiger partial charge < -0.3 is 19.7 Å². The van der Waals surface area contributed by atoms with Crippen LogP contribution in [0.15, 0.2) is 113 Å². The molecule has 1 saturated carbocycles. The second-order valence-corrected chi connectivity index (χ2v) is 13.3. The molecule has 3 aromatic carbocycles. The molecule has 3 N–H and O–H groups in total. The lowest BCUT2D eigenvalue weighted by molar-refractivity contribution is -0.135. The number of imide groups is 1. The predicted octanol–water partition coefficient (Wildman–Crippen LogP) is 5.20. The lowest BCUT2D eigenvalue weighted by Crippen LogP contribution is -2.58. The van der Waals surface area contributed by atoms with Gasteiger partial charge in [-0.2, -0.15) is 0 Å². The molecule has 2 amide bonds. The van der Waals surface area contributed by atoms with Crippen molar-refractivity contribution < 1.29 is 43.7 Å². The number of ketones is 2. The molecule has 1 aromatic heterocycles. The number of carboxylic acids is 1. The van der Waals surface area contributed by atoms with Crippen LogP contribution in [0.1, 0.15) is 51.8 Å². The van der Waals surface area contributed by atoms with E-state index in [9.17, 15) is 39.3 Å². The fourth-order valence-electron chi connectivity index (χ4n) is 8.91. The highest BCUT2D eigenvalue weighted by molar-refractivity contribution is 6.32. The normalized spacial score (nSPS) is 27.3. The van der Waals surface area contributed by atoms with Crippen LogP contribution in [0.4, 0.5) is 5.69 Å². The van der Waals surface area contributed by atoms with E-state index in [0.29, 0.717) is 22.5 Å². The number of nitrogens with zero attached hydrogens (tertiary/aromatic N) is 1. The molecule has 1 saturated heterocycles. The first-order valence-electron chi connectivity index (χ1n) is 16.4. The average Bonchev–Trinajstić information content (AvgIpc) is 3.71. The number of fused-ring (bicyclic) bond motifs is 4. The molecule has 2 heterocycles. The Hall–Kier alpha value is -5.87. The summed E-state index contributed by atoms with van der Waals surface area (Å²) in [6, 6.07) is 24.9. The predicted molar refractivity (Wildman–Crippen MR) is 179 cm³/mol. The van der Waals surface area contributed by atoms with Gasteiger partial charge in [0.05, 0.1) is 28.9 Å². The number of carbonyl (C=O) groups excluding carboxylic acids is 4. The molecule has 3 aliphatic carbocycles. The number of Topliss-reactive ketones (excluding diaryl/α,β-unsaturated/α-hetero) is 1. The fourth-order valence-corrected chi connectivity index (χ4v) is 8.91. The molecular formula is C40H31NO9. The van der Waals surface area contributed by atoms with E-state index in [-0.39, 0.29) is 53.6 Å². The van der Waals surface area contributed by atoms with Crippen LogP contribution in [-0.2, 0) is 31.2 Å². The summed E-state index contributed by atoms with van der Waals surface area (Å²) in [5.41, 5.74) is 0.395. The van der Waals surface area contributed by atoms with Crippen molar-refractivity contribution >= 4 is 40.6 Å². The van der Waals surface area contributed by atoms with Crippen molar-refractivity contribution in [2.45, 2.75) is 30.8 Å². The van der Waals surface area contributed by atoms with E-state index in [2.05, 4.69) is 0 Å². The van der Waals surface area contributed by atoms with Gasteiger partial charge in [0, 0.05) is 17.6 Å². The molecule has 0 unspecified atom stereocenters. The van der Waals surface area contributed by atoms with Gasteiger partial charge in [0.2, 0.25) is 11.8 Å². The molecule has 4 aliphatic rings. The average molecular weight is 670 g/mol. The largest absolute Gasteiger partial charge is 0.507 e. The Balaban J connectivity index is 1.32. The van der Waals surface area contributed by atoms with Crippen LogP contribution in [0.5, 0.6) is 5.75 Å². The van der Waals surface area contributed by atoms with Crippen LogP contribution in [0.3, 0.4) is 0 Å². The number of aliphatic hydroxyl groups excluding tert-OH is 1. The van der Waals surface area contributed by atoms with Gasteiger partial charge in [-0.1, -0.05) is 72.3 Å². The number of benzene rings is 3. The Morgan fingerprint density at radius 2 is 1.60 bits per heavy atom. The van der Waals surface area contributed by atoms with E-state index in [1.165, 1.54) is 12.1 Å². The first-order valence-corrected chi connectivity index (χ1v) is 16.4. The zero-order valence-electron chi connectivity index (χ0n) is 26.6. The molecule has 2 fully saturated rings. The third-order valence-electron chi connectivity index (χ3n) is 11.0. The Morgan fingerprint density at radius 1 is 0.880 bits per heavy atom. The van der Waals surface area contributed by atoms with Gasteiger partial charge in [-0.3, -0.25) is 19.2 Å². The molecule has 4 aromatic rings. The lowest BCUT2D eigenvalue weighted by Gasteiger charge is -2.54. The Morgan fingerprint density at radius 3 is 2.26 bits per heavy atom. The highest BCUT2D eigenvalue weighted by Crippen LogP contribution is 2.64. The van der Waals surface area contributed by atoms with E-state index in [1.54, 1.807) is 36.4 Å². The second kappa shape index (κ2) is 11.6. The number of aromatic carboxylic acids is 1. The number of hydrogen-bond acceptors (Lipinski definition) is 8. The highest BCUT2D eigenvalue weighted by atomic mass is 16.4. The van der Waals surface area contributed by atoms with Crippen LogP contribution in [0.25, 0.3) is 5.57 Å². The van der Waals surface area contributed by atoms with Crippen molar-refractivity contribution in [1.29, 1.82) is 0 Å². The van der Waals surface area contributed by atoms with Crippen molar-refractivity contribution in [2.24, 2.45) is 23.7 Å². The zero-order valence-corrected chi connectivity index (χ0v) is 26.6. The van der Waals surface area contributed by atoms with Gasteiger partial charge in [0.15, 0.2) is 11.6 Å². The molecule has 10 nitrogen and oxygen atoms in total. The van der Waals surface area contributed by atoms with Crippen molar-refractivity contribution in [1.82, 2.24) is 0 Å². The smallest absolute Gasteiger partial charge is 0.339 e. The molecular weight excluding hydrogens is 638 g/mol. The summed E-state index contributed by atoms with van der Waals surface area (Å²) in [4.78, 5) is 70.8. The second-order valence-electron chi connectivity index (χ2n) is 13.3. The van der Waals surface area contributed by atoms with Gasteiger partial charge >= 0.3 is 5.97 Å². The number of carboxylic acid groups (broad SMARTS) is 1. The van der Waals surface area contributed by atoms with Gasteiger partial charge in [-0.15, -0.1) is 0 Å². The number of hydrogen-bond donors (Lipinski definition) is 3. The number of allylic oxidation sites excluding steroid dienone is 4. The van der Waals surface area contributed by atoms with Crippen molar-refractivity contribution in [3.8, 4) is 5.75 Å². The number of rotatable bonds is 6. The van der Waals surface area contributed by atoms with Crippen LogP contribution in [0, 0.1) is 23.7 Å². The third-order valence-corrected chi connectivity index (χ3v) is 11.0. The van der Waals surface area contributed by atoms with Gasteiger partial charge in [-0.05, 0) is 60.2 Å². The summed E-state index contributed by atoms with van der Waals surface area (Å²) >= 11 is 0. The van der Waals surface area contributed by atoms with E-state index in [1.807, 2.05) is 42.5 Å². The molecule has 250 valence electrons. The number of amides is 2. The SMILES string of the molecule is O=C(O)c1ccc(N2C(=O)[C@H]3[C@H](CC=C4[C@H]3C[C@H]3C(=O)C(c5ccccc5)=CC(=O)[C@@]3(c3ccccc3)[C@H]4c3ccc(CO)o3)C2=O)cc1O. The van der Waals surface area contributed by atoms with Crippen molar-refractivity contribution in [3.63, 3.8) is 0 Å². The monoisotopic (exact) mass is 669 g/mol. The topological polar surface area (TPSA) is 162 Å². The Labute approximate surface area is 286 Å². The summed E-state index contributed by atoms with van der Waals surface area (Å²) in [6.07, 6.45) is 3.59. The molecule has 1 aliphatic heterocycles. The first kappa shape index (κ1) is 31.4. The number of aromatic hydroxyl groups is 1. The maximum atomic E-state index is 15.0. The van der Waals surface area contributed by atoms with Gasteiger partial charge in [-0.25, -0.2) is 9.69 Å². The fraction of sp³-hybridized carbons (Fsp3) is 0.225. The molecule has 10 heteroatoms. The number of phenols is 1. The number of furan rings is 1. The quantitative estimate of drug-likeness (QED) is 0.185. The molecule has 0 spiro atoms. The van der Waals surface area contributed by atoms with Crippen LogP contribution in [-0.4, -0.2) is 44.7 Å². The van der Waals surface area contributed by atoms with Crippen molar-refractivity contribution in [3.05, 3.63) is 137 Å². The van der Waals surface area contributed by atoms with Gasteiger partial charge in [0.1, 0.15) is 29.4 Å². The van der Waals surface area contributed by atoms with Crippen LogP contribution < -0.4 is 4.90 Å². The van der Waals surface area contributed by atoms with Crippen LogP contribution >= 0.6 is 0 Å². The molecule has 6 atom stereocenters. The standard InChI is InChI=1S/C40H31NO9/c42-20-24-12-16-32(50-24)35-25-14-15-27-34(38(47)41(37(27)46)23-11-13-26(39(48)49)31(43)17-23)29(25)18-30-36(45)28(21-7-3-1-4-8-21)19-33(44)40(30,35)22-9-5-2-6-10-22/h1-14,16-17,19,27,29-30,34-35,42-43H,15,18,20H2,(H,48,49)/t27-,29+,30-,34-,35+,40-/m0/s1. The van der Waals surface area contributed by atoms with Crippen molar-refractivity contribution in [2.75, 3.05) is 4.90 Å².